The smallest absolute Gasteiger partial charge is 0.000995 e. The average molecular weight is 167 g/mol. The lowest BCUT2D eigenvalue weighted by atomic mass is 9.75. The first kappa shape index (κ1) is 8.55. The van der Waals surface area contributed by atoms with E-state index in [0.29, 0.717) is 0 Å². The summed E-state index contributed by atoms with van der Waals surface area (Å²) in [5.41, 5.74) is 0. The van der Waals surface area contributed by atoms with Gasteiger partial charge in [-0.2, -0.15) is 0 Å². The predicted octanol–water partition coefficient (Wildman–Crippen LogP) is 2.37. The lowest BCUT2D eigenvalue weighted by Crippen LogP contribution is -2.22. The summed E-state index contributed by atoms with van der Waals surface area (Å²) in [4.78, 5) is 2.52. The molecule has 1 saturated carbocycles. The minimum absolute atomic E-state index is 1.05. The average Bonchev–Trinajstić information content (AvgIpc) is 2.43. The van der Waals surface area contributed by atoms with Gasteiger partial charge in [-0.3, -0.25) is 0 Å². The molecule has 0 N–H and O–H groups in total. The Morgan fingerprint density at radius 2 is 1.92 bits per heavy atom. The molecule has 0 aromatic heterocycles. The van der Waals surface area contributed by atoms with Gasteiger partial charge in [0.25, 0.3) is 0 Å². The highest BCUT2D eigenvalue weighted by molar-refractivity contribution is 4.87. The molecule has 1 heteroatoms. The summed E-state index contributed by atoms with van der Waals surface area (Å²) in [5.74, 6) is 3.16. The lowest BCUT2D eigenvalue weighted by molar-refractivity contribution is 0.220. The van der Waals surface area contributed by atoms with Crippen LogP contribution in [0.5, 0.6) is 0 Å². The molecular formula is C11H21N. The summed E-state index contributed by atoms with van der Waals surface area (Å²) in [6.07, 6.45) is 5.94. The van der Waals surface area contributed by atoms with Crippen molar-refractivity contribution in [2.24, 2.45) is 17.8 Å². The van der Waals surface area contributed by atoms with Gasteiger partial charge in [0.2, 0.25) is 0 Å². The molecule has 3 unspecified atom stereocenters. The first-order valence-corrected chi connectivity index (χ1v) is 5.48. The van der Waals surface area contributed by atoms with Gasteiger partial charge in [-0.1, -0.05) is 19.8 Å². The van der Waals surface area contributed by atoms with Crippen LogP contribution < -0.4 is 0 Å². The zero-order valence-corrected chi connectivity index (χ0v) is 8.42. The zero-order valence-electron chi connectivity index (χ0n) is 8.42. The van der Waals surface area contributed by atoms with E-state index in [-0.39, 0.29) is 0 Å². The molecule has 0 amide bonds. The lowest BCUT2D eigenvalue weighted by Gasteiger charge is -2.30. The van der Waals surface area contributed by atoms with E-state index in [2.05, 4.69) is 18.9 Å². The van der Waals surface area contributed by atoms with Crippen molar-refractivity contribution in [3.05, 3.63) is 0 Å². The molecule has 12 heavy (non-hydrogen) atoms. The van der Waals surface area contributed by atoms with Crippen molar-refractivity contribution in [1.29, 1.82) is 0 Å². The molecule has 1 nitrogen and oxygen atoms in total. The van der Waals surface area contributed by atoms with Gasteiger partial charge >= 0.3 is 0 Å². The zero-order chi connectivity index (χ0) is 8.55. The quantitative estimate of drug-likeness (QED) is 0.579. The maximum Gasteiger partial charge on any atom is 0.000995 e. The molecule has 2 aliphatic rings. The molecule has 0 radical (unpaired) electrons. The highest BCUT2D eigenvalue weighted by atomic mass is 15.1. The van der Waals surface area contributed by atoms with Gasteiger partial charge in [-0.05, 0) is 37.6 Å². The molecule has 0 bridgehead atoms. The largest absolute Gasteiger partial charge is 0.306 e. The molecule has 0 aromatic carbocycles. The van der Waals surface area contributed by atoms with Crippen molar-refractivity contribution < 1.29 is 0 Å². The van der Waals surface area contributed by atoms with Gasteiger partial charge in [0.1, 0.15) is 0 Å². The number of hydrogen-bond acceptors (Lipinski definition) is 1. The summed E-state index contributed by atoms with van der Waals surface area (Å²) >= 11 is 0. The van der Waals surface area contributed by atoms with Crippen molar-refractivity contribution in [3.63, 3.8) is 0 Å². The second-order valence-corrected chi connectivity index (χ2v) is 4.83. The van der Waals surface area contributed by atoms with Crippen LogP contribution in [0.1, 0.15) is 32.6 Å². The van der Waals surface area contributed by atoms with Gasteiger partial charge in [0, 0.05) is 13.1 Å². The second kappa shape index (κ2) is 3.37. The van der Waals surface area contributed by atoms with Crippen molar-refractivity contribution in [2.45, 2.75) is 32.6 Å². The van der Waals surface area contributed by atoms with Crippen molar-refractivity contribution in [1.82, 2.24) is 4.90 Å². The Kier molecular flexibility index (Phi) is 2.40. The van der Waals surface area contributed by atoms with Gasteiger partial charge in [-0.15, -0.1) is 0 Å². The summed E-state index contributed by atoms with van der Waals surface area (Å²) < 4.78 is 0. The molecule has 1 aliphatic carbocycles. The number of likely N-dealkylation sites (tertiary alicyclic amines) is 1. The molecule has 0 aromatic rings. The number of nitrogens with zero attached hydrogens (tertiary/aromatic N) is 1. The maximum atomic E-state index is 2.52. The third-order valence-corrected chi connectivity index (χ3v) is 3.92. The van der Waals surface area contributed by atoms with Crippen LogP contribution in [0.15, 0.2) is 0 Å². The Bertz CT molecular complexity index is 155. The second-order valence-electron chi connectivity index (χ2n) is 4.83. The van der Waals surface area contributed by atoms with Gasteiger partial charge in [0.05, 0.1) is 0 Å². The van der Waals surface area contributed by atoms with Crippen molar-refractivity contribution >= 4 is 0 Å². The van der Waals surface area contributed by atoms with Crippen LogP contribution in [0.4, 0.5) is 0 Å². The van der Waals surface area contributed by atoms with E-state index >= 15 is 0 Å². The fourth-order valence-electron chi connectivity index (χ4n) is 3.13. The summed E-state index contributed by atoms with van der Waals surface area (Å²) in [6, 6.07) is 0. The summed E-state index contributed by atoms with van der Waals surface area (Å²) in [5, 5.41) is 0. The molecule has 2 fully saturated rings. The van der Waals surface area contributed by atoms with E-state index in [4.69, 9.17) is 0 Å². The Morgan fingerprint density at radius 3 is 2.67 bits per heavy atom. The molecule has 2 rings (SSSR count). The Labute approximate surface area is 76.1 Å². The van der Waals surface area contributed by atoms with Crippen LogP contribution in [-0.4, -0.2) is 25.0 Å². The first-order chi connectivity index (χ1) is 5.79. The topological polar surface area (TPSA) is 3.24 Å². The molecule has 70 valence electrons. The highest BCUT2D eigenvalue weighted by Crippen LogP contribution is 2.39. The number of fused-ring (bicyclic) bond motifs is 1. The third-order valence-electron chi connectivity index (χ3n) is 3.92. The van der Waals surface area contributed by atoms with Crippen molar-refractivity contribution in [2.75, 3.05) is 20.1 Å². The first-order valence-electron chi connectivity index (χ1n) is 5.48. The van der Waals surface area contributed by atoms with E-state index in [9.17, 15) is 0 Å². The van der Waals surface area contributed by atoms with Crippen molar-refractivity contribution in [3.8, 4) is 0 Å². The van der Waals surface area contributed by atoms with Gasteiger partial charge in [0.15, 0.2) is 0 Å². The number of hydrogen-bond donors (Lipinski definition) is 0. The van der Waals surface area contributed by atoms with E-state index in [1.165, 1.54) is 38.8 Å². The van der Waals surface area contributed by atoms with Crippen LogP contribution in [0.25, 0.3) is 0 Å². The highest BCUT2D eigenvalue weighted by Gasteiger charge is 2.35. The minimum Gasteiger partial charge on any atom is -0.306 e. The van der Waals surface area contributed by atoms with Crippen LogP contribution >= 0.6 is 0 Å². The molecule has 0 spiro atoms. The molecule has 3 atom stereocenters. The summed E-state index contributed by atoms with van der Waals surface area (Å²) in [6.45, 7) is 5.10. The predicted molar refractivity (Wildman–Crippen MR) is 52.1 cm³/mol. The molecular weight excluding hydrogens is 146 g/mol. The van der Waals surface area contributed by atoms with Gasteiger partial charge in [-0.25, -0.2) is 0 Å². The Balaban J connectivity index is 1.93. The molecule has 1 aliphatic heterocycles. The SMILES string of the molecule is CCC1CCC2CN(C)CC2C1. The summed E-state index contributed by atoms with van der Waals surface area (Å²) in [7, 11) is 2.28. The van der Waals surface area contributed by atoms with E-state index in [0.717, 1.165) is 17.8 Å². The van der Waals surface area contributed by atoms with Crippen LogP contribution in [0.2, 0.25) is 0 Å². The Hall–Kier alpha value is -0.0400. The van der Waals surface area contributed by atoms with E-state index in [1.807, 2.05) is 0 Å². The molecule has 1 saturated heterocycles. The fraction of sp³-hybridized carbons (Fsp3) is 1.00. The van der Waals surface area contributed by atoms with Crippen LogP contribution in [0, 0.1) is 17.8 Å². The van der Waals surface area contributed by atoms with E-state index < -0.39 is 0 Å². The minimum atomic E-state index is 1.05. The normalized spacial score (nSPS) is 43.0. The number of rotatable bonds is 1. The van der Waals surface area contributed by atoms with Crippen LogP contribution in [0.3, 0.4) is 0 Å². The monoisotopic (exact) mass is 167 g/mol. The van der Waals surface area contributed by atoms with Crippen LogP contribution in [-0.2, 0) is 0 Å². The van der Waals surface area contributed by atoms with Gasteiger partial charge < -0.3 is 4.90 Å². The fourth-order valence-corrected chi connectivity index (χ4v) is 3.13. The third kappa shape index (κ3) is 1.52. The standard InChI is InChI=1S/C11H21N/c1-3-9-4-5-10-7-12(2)8-11(10)6-9/h9-11H,3-8H2,1-2H3. The van der Waals surface area contributed by atoms with E-state index in [1.54, 1.807) is 0 Å². The molecule has 1 heterocycles. The maximum absolute atomic E-state index is 2.52. The Morgan fingerprint density at radius 1 is 1.17 bits per heavy atom.